The molecule has 1 fully saturated rings. The molecule has 0 amide bonds. The molecule has 112 valence electrons. The molecule has 9 heteroatoms. The second-order valence-electron chi connectivity index (χ2n) is 5.01. The van der Waals surface area contributed by atoms with E-state index in [4.69, 9.17) is 11.6 Å². The molecule has 0 radical (unpaired) electrons. The van der Waals surface area contributed by atoms with Gasteiger partial charge in [0.2, 0.25) is 0 Å². The minimum atomic E-state index is -3.17. The van der Waals surface area contributed by atoms with Crippen LogP contribution in [0.2, 0.25) is 5.15 Å². The number of nitrogens with one attached hydrogen (secondary N) is 1. The summed E-state index contributed by atoms with van der Waals surface area (Å²) in [5, 5.41) is 18.1. The van der Waals surface area contributed by atoms with Gasteiger partial charge in [-0.15, -0.1) is 10.2 Å². The van der Waals surface area contributed by atoms with Crippen molar-refractivity contribution in [3.05, 3.63) is 16.3 Å². The largest absolute Gasteiger partial charge is 0.390 e. The first-order valence-corrected chi connectivity index (χ1v) is 6.20. The zero-order valence-electron chi connectivity index (χ0n) is 10.4. The average molecular weight is 314 g/mol. The van der Waals surface area contributed by atoms with Crippen molar-refractivity contribution >= 4 is 17.4 Å². The average Bonchev–Trinajstić information content (AvgIpc) is 2.27. The first-order chi connectivity index (χ1) is 9.21. The number of rotatable bonds is 4. The lowest BCUT2D eigenvalue weighted by Gasteiger charge is -2.41. The lowest BCUT2D eigenvalue weighted by molar-refractivity contribution is -0.0236. The number of anilines is 1. The van der Waals surface area contributed by atoms with Gasteiger partial charge in [-0.1, -0.05) is 11.6 Å². The van der Waals surface area contributed by atoms with Crippen molar-refractivity contribution in [1.82, 2.24) is 10.2 Å². The van der Waals surface area contributed by atoms with Crippen LogP contribution in [0.3, 0.4) is 0 Å². The number of nitrogens with zero attached hydrogens (tertiary/aromatic N) is 2. The van der Waals surface area contributed by atoms with E-state index in [1.54, 1.807) is 6.92 Å². The van der Waals surface area contributed by atoms with E-state index in [2.05, 4.69) is 15.5 Å². The van der Waals surface area contributed by atoms with Crippen LogP contribution in [-0.4, -0.2) is 26.9 Å². The molecule has 0 aliphatic heterocycles. The van der Waals surface area contributed by atoms with Crippen LogP contribution in [0.15, 0.2) is 0 Å². The second kappa shape index (κ2) is 5.33. The zero-order chi connectivity index (χ0) is 15.1. The number of aliphatic hydroxyl groups is 1. The number of hydrogen-bond donors (Lipinski definition) is 2. The first-order valence-electron chi connectivity index (χ1n) is 5.82. The number of aromatic nitrogens is 2. The van der Waals surface area contributed by atoms with Gasteiger partial charge in [0.05, 0.1) is 16.7 Å². The third kappa shape index (κ3) is 2.95. The molecule has 2 rings (SSSR count). The third-order valence-electron chi connectivity index (χ3n) is 3.15. The highest BCUT2D eigenvalue weighted by Crippen LogP contribution is 2.40. The van der Waals surface area contributed by atoms with Crippen molar-refractivity contribution in [1.29, 1.82) is 0 Å². The predicted octanol–water partition coefficient (Wildman–Crippen LogP) is 3.33. The summed E-state index contributed by atoms with van der Waals surface area (Å²) < 4.78 is 51.7. The number of halogens is 5. The van der Waals surface area contributed by atoms with Gasteiger partial charge in [-0.25, -0.2) is 17.6 Å². The molecule has 0 atom stereocenters. The van der Waals surface area contributed by atoms with Crippen LogP contribution >= 0.6 is 11.6 Å². The maximum absolute atomic E-state index is 13.0. The molecule has 1 aromatic rings. The fourth-order valence-electron chi connectivity index (χ4n) is 2.27. The molecule has 0 bridgehead atoms. The summed E-state index contributed by atoms with van der Waals surface area (Å²) in [6.07, 6.45) is -5.71. The Kier molecular flexibility index (Phi) is 4.06. The molecule has 4 nitrogen and oxygen atoms in total. The van der Waals surface area contributed by atoms with Crippen molar-refractivity contribution in [2.75, 3.05) is 5.32 Å². The van der Waals surface area contributed by atoms with Crippen molar-refractivity contribution in [3.63, 3.8) is 0 Å². The van der Waals surface area contributed by atoms with Gasteiger partial charge in [0.15, 0.2) is 11.0 Å². The van der Waals surface area contributed by atoms with Crippen LogP contribution in [0.5, 0.6) is 0 Å². The van der Waals surface area contributed by atoms with E-state index >= 15 is 0 Å². The standard InChI is InChI=1S/C11H12ClF4N3O/c1-11(20)2-4(3-11)17-10-6(9(15)16)5(8(13)14)7(12)18-19-10/h4,8-9,20H,2-3H2,1H3,(H,17,19). The summed E-state index contributed by atoms with van der Waals surface area (Å²) in [5.74, 6) is -0.416. The van der Waals surface area contributed by atoms with E-state index in [1.165, 1.54) is 0 Å². The van der Waals surface area contributed by atoms with E-state index in [1.807, 2.05) is 0 Å². The number of alkyl halides is 4. The summed E-state index contributed by atoms with van der Waals surface area (Å²) >= 11 is 5.42. The molecule has 1 heterocycles. The lowest BCUT2D eigenvalue weighted by atomic mass is 9.77. The van der Waals surface area contributed by atoms with E-state index in [0.717, 1.165) is 0 Å². The van der Waals surface area contributed by atoms with Gasteiger partial charge in [-0.3, -0.25) is 0 Å². The van der Waals surface area contributed by atoms with Crippen LogP contribution in [-0.2, 0) is 0 Å². The predicted molar refractivity (Wildman–Crippen MR) is 64.2 cm³/mol. The van der Waals surface area contributed by atoms with E-state index in [0.29, 0.717) is 12.8 Å². The summed E-state index contributed by atoms with van der Waals surface area (Å²) in [6.45, 7) is 1.59. The Morgan fingerprint density at radius 2 is 1.75 bits per heavy atom. The van der Waals surface area contributed by atoms with E-state index < -0.39 is 40.5 Å². The molecular formula is C11H12ClF4N3O. The lowest BCUT2D eigenvalue weighted by Crippen LogP contribution is -2.48. The zero-order valence-corrected chi connectivity index (χ0v) is 11.1. The fourth-order valence-corrected chi connectivity index (χ4v) is 2.49. The summed E-state index contributed by atoms with van der Waals surface area (Å²) in [4.78, 5) is 0. The van der Waals surface area contributed by atoms with E-state index in [-0.39, 0.29) is 6.04 Å². The Hall–Kier alpha value is -1.15. The maximum Gasteiger partial charge on any atom is 0.268 e. The minimum Gasteiger partial charge on any atom is -0.390 e. The van der Waals surface area contributed by atoms with Gasteiger partial charge in [0.1, 0.15) is 0 Å². The molecule has 0 spiro atoms. The van der Waals surface area contributed by atoms with Crippen molar-refractivity contribution < 1.29 is 22.7 Å². The van der Waals surface area contributed by atoms with Crippen LogP contribution in [0.4, 0.5) is 23.4 Å². The number of hydrogen-bond acceptors (Lipinski definition) is 4. The summed E-state index contributed by atoms with van der Waals surface area (Å²) in [6, 6.07) is -0.316. The van der Waals surface area contributed by atoms with Gasteiger partial charge >= 0.3 is 0 Å². The topological polar surface area (TPSA) is 58.0 Å². The Morgan fingerprint density at radius 3 is 2.20 bits per heavy atom. The molecule has 0 aromatic carbocycles. The molecule has 0 unspecified atom stereocenters. The normalized spacial score (nSPS) is 25.9. The molecule has 0 saturated heterocycles. The minimum absolute atomic E-state index is 0.310. The third-order valence-corrected chi connectivity index (χ3v) is 3.43. The quantitative estimate of drug-likeness (QED) is 0.837. The monoisotopic (exact) mass is 313 g/mol. The molecule has 20 heavy (non-hydrogen) atoms. The Morgan fingerprint density at radius 1 is 1.20 bits per heavy atom. The van der Waals surface area contributed by atoms with E-state index in [9.17, 15) is 22.7 Å². The van der Waals surface area contributed by atoms with Crippen molar-refractivity contribution in [2.24, 2.45) is 0 Å². The van der Waals surface area contributed by atoms with Crippen LogP contribution < -0.4 is 5.32 Å². The molecule has 1 aromatic heterocycles. The molecule has 1 aliphatic rings. The first kappa shape index (κ1) is 15.2. The highest BCUT2D eigenvalue weighted by molar-refractivity contribution is 6.30. The molecule has 1 aliphatic carbocycles. The van der Waals surface area contributed by atoms with Crippen molar-refractivity contribution in [3.8, 4) is 0 Å². The fraction of sp³-hybridized carbons (Fsp3) is 0.636. The van der Waals surface area contributed by atoms with Gasteiger partial charge in [0.25, 0.3) is 12.9 Å². The Labute approximate surface area is 117 Å². The maximum atomic E-state index is 13.0. The molecule has 1 saturated carbocycles. The second-order valence-corrected chi connectivity index (χ2v) is 5.37. The highest BCUT2D eigenvalue weighted by atomic mass is 35.5. The summed E-state index contributed by atoms with van der Waals surface area (Å²) in [5.41, 5.74) is -2.83. The van der Waals surface area contributed by atoms with Gasteiger partial charge in [0, 0.05) is 6.04 Å². The SMILES string of the molecule is CC1(O)CC(Nc2nnc(Cl)c(C(F)F)c2C(F)F)C1. The summed E-state index contributed by atoms with van der Waals surface area (Å²) in [7, 11) is 0. The van der Waals surface area contributed by atoms with Crippen LogP contribution in [0.25, 0.3) is 0 Å². The van der Waals surface area contributed by atoms with Gasteiger partial charge < -0.3 is 10.4 Å². The van der Waals surface area contributed by atoms with Crippen LogP contribution in [0, 0.1) is 0 Å². The van der Waals surface area contributed by atoms with Crippen LogP contribution in [0.1, 0.15) is 43.7 Å². The Bertz CT molecular complexity index is 505. The highest BCUT2D eigenvalue weighted by Gasteiger charge is 2.39. The van der Waals surface area contributed by atoms with Crippen molar-refractivity contribution in [2.45, 2.75) is 44.3 Å². The molecule has 2 N–H and O–H groups in total. The van der Waals surface area contributed by atoms with Gasteiger partial charge in [-0.2, -0.15) is 0 Å². The Balaban J connectivity index is 2.31. The van der Waals surface area contributed by atoms with Gasteiger partial charge in [-0.05, 0) is 19.8 Å². The smallest absolute Gasteiger partial charge is 0.268 e. The molecular weight excluding hydrogens is 302 g/mol.